The number of fused-ring (bicyclic) bond motifs is 10. The van der Waals surface area contributed by atoms with Crippen LogP contribution in [0.5, 0.6) is 0 Å². The molecule has 0 spiro atoms. The highest BCUT2D eigenvalue weighted by molar-refractivity contribution is 6.24. The molecule has 0 N–H and O–H groups in total. The molecule has 61 heavy (non-hydrogen) atoms. The Balaban J connectivity index is 1.03. The van der Waals surface area contributed by atoms with E-state index in [2.05, 4.69) is 211 Å². The standard InChI is InChI=1S/C58H35NO2/c1-4-16-36(17-5-1)55-48-32-33-51-56(58(48)61-57(55)37-18-6-2-7-19-37)47-31-29-39(35-52(47)60-51)54-45-25-12-10-23-43(45)53(44-24-11-13-26-46(44)54)38-28-30-42-41-22-14-15-27-49(41)59(50(42)34-38)40-20-8-3-9-21-40/h1-35H. The van der Waals surface area contributed by atoms with Gasteiger partial charge in [0.2, 0.25) is 0 Å². The maximum atomic E-state index is 6.92. The van der Waals surface area contributed by atoms with E-state index < -0.39 is 0 Å². The van der Waals surface area contributed by atoms with E-state index in [1.54, 1.807) is 0 Å². The number of rotatable bonds is 5. The topological polar surface area (TPSA) is 31.2 Å². The van der Waals surface area contributed by atoms with Gasteiger partial charge in [-0.15, -0.1) is 0 Å². The van der Waals surface area contributed by atoms with Crippen molar-refractivity contribution in [2.45, 2.75) is 0 Å². The molecule has 0 saturated heterocycles. The highest BCUT2D eigenvalue weighted by atomic mass is 16.3. The van der Waals surface area contributed by atoms with Crippen LogP contribution in [-0.2, 0) is 0 Å². The number of furan rings is 2. The molecule has 284 valence electrons. The molecule has 0 unspecified atom stereocenters. The van der Waals surface area contributed by atoms with Crippen LogP contribution in [0.1, 0.15) is 0 Å². The first-order valence-corrected chi connectivity index (χ1v) is 20.8. The quantitative estimate of drug-likeness (QED) is 0.163. The normalized spacial score (nSPS) is 11.9. The van der Waals surface area contributed by atoms with E-state index in [1.165, 1.54) is 60.0 Å². The predicted octanol–water partition coefficient (Wildman–Crippen LogP) is 16.4. The molecule has 13 aromatic rings. The summed E-state index contributed by atoms with van der Waals surface area (Å²) in [7, 11) is 0. The number of hydrogen-bond acceptors (Lipinski definition) is 2. The molecule has 3 nitrogen and oxygen atoms in total. The van der Waals surface area contributed by atoms with E-state index in [0.29, 0.717) is 0 Å². The summed E-state index contributed by atoms with van der Waals surface area (Å²) in [4.78, 5) is 0. The smallest absolute Gasteiger partial charge is 0.147 e. The Hall–Kier alpha value is -8.14. The summed E-state index contributed by atoms with van der Waals surface area (Å²) in [5.41, 5.74) is 14.0. The number of aromatic nitrogens is 1. The molecular weight excluding hydrogens is 743 g/mol. The first-order valence-electron chi connectivity index (χ1n) is 20.8. The third kappa shape index (κ3) is 5.04. The van der Waals surface area contributed by atoms with E-state index in [-0.39, 0.29) is 0 Å². The Morgan fingerprint density at radius 1 is 0.295 bits per heavy atom. The average Bonchev–Trinajstić information content (AvgIpc) is 4.01. The molecule has 3 heteroatoms. The average molecular weight is 778 g/mol. The lowest BCUT2D eigenvalue weighted by Gasteiger charge is -2.18. The second-order valence-electron chi connectivity index (χ2n) is 15.9. The first-order chi connectivity index (χ1) is 30.3. The van der Waals surface area contributed by atoms with Crippen LogP contribution in [0.25, 0.3) is 127 Å². The number of hydrogen-bond donors (Lipinski definition) is 0. The lowest BCUT2D eigenvalue weighted by atomic mass is 9.85. The van der Waals surface area contributed by atoms with Crippen molar-refractivity contribution in [1.82, 2.24) is 4.57 Å². The number of nitrogens with zero attached hydrogens (tertiary/aromatic N) is 1. The van der Waals surface area contributed by atoms with Crippen molar-refractivity contribution in [2.24, 2.45) is 0 Å². The maximum Gasteiger partial charge on any atom is 0.147 e. The molecule has 3 aromatic heterocycles. The highest BCUT2D eigenvalue weighted by Gasteiger charge is 2.24. The summed E-state index contributed by atoms with van der Waals surface area (Å²) in [6, 6.07) is 76.0. The van der Waals surface area contributed by atoms with Crippen molar-refractivity contribution in [3.05, 3.63) is 212 Å². The zero-order valence-electron chi connectivity index (χ0n) is 33.0. The molecule has 13 rings (SSSR count). The van der Waals surface area contributed by atoms with Gasteiger partial charge in [0.15, 0.2) is 0 Å². The van der Waals surface area contributed by atoms with Crippen LogP contribution in [0.3, 0.4) is 0 Å². The molecule has 0 fully saturated rings. The fourth-order valence-electron chi connectivity index (χ4n) is 9.99. The largest absolute Gasteiger partial charge is 0.456 e. The van der Waals surface area contributed by atoms with Gasteiger partial charge in [0.05, 0.1) is 16.4 Å². The lowest BCUT2D eigenvalue weighted by molar-refractivity contribution is 0.634. The molecular formula is C58H35NO2. The minimum Gasteiger partial charge on any atom is -0.456 e. The minimum atomic E-state index is 0.806. The van der Waals surface area contributed by atoms with E-state index >= 15 is 0 Å². The molecule has 0 atom stereocenters. The van der Waals surface area contributed by atoms with Gasteiger partial charge in [-0.25, -0.2) is 0 Å². The Bertz CT molecular complexity index is 3800. The SMILES string of the molecule is c1ccc(-c2oc3c(ccc4oc5cc(-c6c7ccccc7c(-c7ccc8c9ccccc9n(-c9ccccc9)c8c7)c7ccccc67)ccc5c43)c2-c2ccccc2)cc1. The monoisotopic (exact) mass is 777 g/mol. The van der Waals surface area contributed by atoms with Gasteiger partial charge in [0, 0.05) is 38.4 Å². The van der Waals surface area contributed by atoms with Crippen molar-refractivity contribution in [3.63, 3.8) is 0 Å². The first kappa shape index (κ1) is 33.8. The Labute approximate surface area is 350 Å². The Kier molecular flexibility index (Phi) is 7.31. The summed E-state index contributed by atoms with van der Waals surface area (Å²) < 4.78 is 16.1. The lowest BCUT2D eigenvalue weighted by Crippen LogP contribution is -1.94. The van der Waals surface area contributed by atoms with Crippen LogP contribution in [0.15, 0.2) is 221 Å². The highest BCUT2D eigenvalue weighted by Crippen LogP contribution is 2.48. The van der Waals surface area contributed by atoms with Crippen molar-refractivity contribution in [2.75, 3.05) is 0 Å². The molecule has 3 heterocycles. The molecule has 0 saturated carbocycles. The van der Waals surface area contributed by atoms with Gasteiger partial charge >= 0.3 is 0 Å². The zero-order chi connectivity index (χ0) is 40.0. The van der Waals surface area contributed by atoms with E-state index in [0.717, 1.165) is 66.6 Å². The summed E-state index contributed by atoms with van der Waals surface area (Å²) in [5.74, 6) is 0.860. The summed E-state index contributed by atoms with van der Waals surface area (Å²) in [5, 5.41) is 10.4. The van der Waals surface area contributed by atoms with Gasteiger partial charge in [0.25, 0.3) is 0 Å². The van der Waals surface area contributed by atoms with Crippen LogP contribution >= 0.6 is 0 Å². The van der Waals surface area contributed by atoms with Gasteiger partial charge in [-0.2, -0.15) is 0 Å². The number of para-hydroxylation sites is 2. The van der Waals surface area contributed by atoms with E-state index in [9.17, 15) is 0 Å². The second kappa shape index (κ2) is 13.2. The predicted molar refractivity (Wildman–Crippen MR) is 255 cm³/mol. The molecule has 0 bridgehead atoms. The maximum absolute atomic E-state index is 6.92. The zero-order valence-corrected chi connectivity index (χ0v) is 33.0. The van der Waals surface area contributed by atoms with Crippen molar-refractivity contribution < 1.29 is 8.83 Å². The van der Waals surface area contributed by atoms with Gasteiger partial charge in [-0.05, 0) is 97.9 Å². The summed E-state index contributed by atoms with van der Waals surface area (Å²) in [6.45, 7) is 0. The van der Waals surface area contributed by atoms with Gasteiger partial charge < -0.3 is 13.4 Å². The summed E-state index contributed by atoms with van der Waals surface area (Å²) >= 11 is 0. The van der Waals surface area contributed by atoms with Gasteiger partial charge in [0.1, 0.15) is 22.5 Å². The molecule has 0 radical (unpaired) electrons. The fraction of sp³-hybridized carbons (Fsp3) is 0. The van der Waals surface area contributed by atoms with Crippen LogP contribution in [-0.4, -0.2) is 4.57 Å². The van der Waals surface area contributed by atoms with E-state index in [4.69, 9.17) is 8.83 Å². The minimum absolute atomic E-state index is 0.806. The Morgan fingerprint density at radius 2 is 0.803 bits per heavy atom. The third-order valence-corrected chi connectivity index (χ3v) is 12.6. The van der Waals surface area contributed by atoms with Crippen LogP contribution in [0.4, 0.5) is 0 Å². The summed E-state index contributed by atoms with van der Waals surface area (Å²) in [6.07, 6.45) is 0. The van der Waals surface area contributed by atoms with Crippen molar-refractivity contribution >= 4 is 76.3 Å². The third-order valence-electron chi connectivity index (χ3n) is 12.6. The molecule has 0 aliphatic carbocycles. The van der Waals surface area contributed by atoms with E-state index in [1.807, 2.05) is 6.07 Å². The molecule has 0 amide bonds. The second-order valence-corrected chi connectivity index (χ2v) is 15.9. The van der Waals surface area contributed by atoms with Crippen LogP contribution < -0.4 is 0 Å². The van der Waals surface area contributed by atoms with Crippen LogP contribution in [0.2, 0.25) is 0 Å². The van der Waals surface area contributed by atoms with Crippen molar-refractivity contribution in [1.29, 1.82) is 0 Å². The van der Waals surface area contributed by atoms with Crippen LogP contribution in [0, 0.1) is 0 Å². The molecule has 0 aliphatic rings. The molecule has 10 aromatic carbocycles. The molecule has 0 aliphatic heterocycles. The Morgan fingerprint density at radius 3 is 1.46 bits per heavy atom. The number of benzene rings is 10. The fourth-order valence-corrected chi connectivity index (χ4v) is 9.99. The van der Waals surface area contributed by atoms with Gasteiger partial charge in [-0.1, -0.05) is 164 Å². The van der Waals surface area contributed by atoms with Gasteiger partial charge in [-0.3, -0.25) is 0 Å². The van der Waals surface area contributed by atoms with Crippen molar-refractivity contribution in [3.8, 4) is 50.4 Å².